The minimum Gasteiger partial charge on any atom is -0.493 e. The highest BCUT2D eigenvalue weighted by Crippen LogP contribution is 2.30. The topological polar surface area (TPSA) is 37.8 Å². The fourth-order valence-corrected chi connectivity index (χ4v) is 3.35. The third-order valence-electron chi connectivity index (χ3n) is 4.78. The summed E-state index contributed by atoms with van der Waals surface area (Å²) in [7, 11) is 3.09. The molecule has 0 bridgehead atoms. The molecule has 2 heterocycles. The van der Waals surface area contributed by atoms with Gasteiger partial charge >= 0.3 is 0 Å². The second kappa shape index (κ2) is 8.96. The van der Waals surface area contributed by atoms with Crippen LogP contribution in [0.4, 0.5) is 4.39 Å². The molecular weight excluding hydrogens is 333 g/mol. The van der Waals surface area contributed by atoms with Crippen molar-refractivity contribution in [3.05, 3.63) is 53.6 Å². The molecule has 0 amide bonds. The van der Waals surface area contributed by atoms with Crippen LogP contribution in [0.5, 0.6) is 11.5 Å². The zero-order valence-electron chi connectivity index (χ0n) is 15.4. The fraction of sp³-hybridized carbons (Fsp3) is 0.450. The Kier molecular flexibility index (Phi) is 6.41. The molecular formula is C20H26FN3O2. The number of halogens is 1. The quantitative estimate of drug-likeness (QED) is 0.793. The summed E-state index contributed by atoms with van der Waals surface area (Å²) in [4.78, 5) is 8.82. The Labute approximate surface area is 154 Å². The summed E-state index contributed by atoms with van der Waals surface area (Å²) in [6, 6.07) is 7.26. The molecule has 3 rings (SSSR count). The molecule has 26 heavy (non-hydrogen) atoms. The van der Waals surface area contributed by atoms with Gasteiger partial charge in [0.25, 0.3) is 0 Å². The second-order valence-electron chi connectivity index (χ2n) is 6.56. The number of rotatable bonds is 6. The van der Waals surface area contributed by atoms with Gasteiger partial charge in [0, 0.05) is 50.2 Å². The summed E-state index contributed by atoms with van der Waals surface area (Å²) in [5.74, 6) is 0.742. The van der Waals surface area contributed by atoms with Gasteiger partial charge in [-0.2, -0.15) is 0 Å². The van der Waals surface area contributed by atoms with E-state index in [1.807, 2.05) is 12.4 Å². The molecule has 0 aliphatic carbocycles. The lowest BCUT2D eigenvalue weighted by atomic mass is 10.1. The first kappa shape index (κ1) is 18.6. The van der Waals surface area contributed by atoms with Crippen molar-refractivity contribution < 1.29 is 13.9 Å². The van der Waals surface area contributed by atoms with Gasteiger partial charge in [-0.3, -0.25) is 14.8 Å². The van der Waals surface area contributed by atoms with Crippen LogP contribution in [0, 0.1) is 5.82 Å². The summed E-state index contributed by atoms with van der Waals surface area (Å²) in [5.41, 5.74) is 1.92. The van der Waals surface area contributed by atoms with Gasteiger partial charge < -0.3 is 9.47 Å². The van der Waals surface area contributed by atoms with Crippen molar-refractivity contribution in [3.63, 3.8) is 0 Å². The molecule has 0 atom stereocenters. The molecule has 0 unspecified atom stereocenters. The van der Waals surface area contributed by atoms with Crippen LogP contribution < -0.4 is 9.47 Å². The van der Waals surface area contributed by atoms with Gasteiger partial charge in [0.05, 0.1) is 14.2 Å². The third-order valence-corrected chi connectivity index (χ3v) is 4.78. The molecule has 0 saturated carbocycles. The number of benzene rings is 1. The van der Waals surface area contributed by atoms with E-state index in [9.17, 15) is 4.39 Å². The lowest BCUT2D eigenvalue weighted by Crippen LogP contribution is -2.30. The number of hydrogen-bond donors (Lipinski definition) is 0. The largest absolute Gasteiger partial charge is 0.493 e. The van der Waals surface area contributed by atoms with E-state index >= 15 is 0 Å². The van der Waals surface area contributed by atoms with Crippen molar-refractivity contribution in [1.82, 2.24) is 14.8 Å². The minimum absolute atomic E-state index is 0.250. The molecule has 1 aromatic carbocycles. The molecule has 1 saturated heterocycles. The van der Waals surface area contributed by atoms with Gasteiger partial charge in [-0.15, -0.1) is 0 Å². The fourth-order valence-electron chi connectivity index (χ4n) is 3.35. The summed E-state index contributed by atoms with van der Waals surface area (Å²) in [6.07, 6.45) is 4.73. The normalized spacial score (nSPS) is 16.3. The maximum Gasteiger partial charge on any atom is 0.163 e. The van der Waals surface area contributed by atoms with E-state index in [0.29, 0.717) is 23.6 Å². The highest BCUT2D eigenvalue weighted by Gasteiger charge is 2.18. The number of methoxy groups -OCH3 is 2. The van der Waals surface area contributed by atoms with Gasteiger partial charge in [-0.1, -0.05) is 0 Å². The van der Waals surface area contributed by atoms with Crippen LogP contribution in [0.1, 0.15) is 17.5 Å². The van der Waals surface area contributed by atoms with Gasteiger partial charge in [0.1, 0.15) is 5.82 Å². The lowest BCUT2D eigenvalue weighted by molar-refractivity contribution is 0.244. The Morgan fingerprint density at radius 2 is 1.54 bits per heavy atom. The highest BCUT2D eigenvalue weighted by atomic mass is 19.1. The maximum absolute atomic E-state index is 14.4. The van der Waals surface area contributed by atoms with E-state index in [-0.39, 0.29) is 5.82 Å². The van der Waals surface area contributed by atoms with Crippen LogP contribution in [0.2, 0.25) is 0 Å². The van der Waals surface area contributed by atoms with Gasteiger partial charge in [-0.05, 0) is 43.3 Å². The van der Waals surface area contributed by atoms with Crippen LogP contribution >= 0.6 is 0 Å². The highest BCUT2D eigenvalue weighted by molar-refractivity contribution is 5.43. The standard InChI is InChI=1S/C20H26FN3O2/c1-25-19-12-17(18(21)13-20(19)26-2)15-24-9-3-8-23(10-11-24)14-16-4-6-22-7-5-16/h4-7,12-13H,3,8-11,14-15H2,1-2H3. The Hall–Kier alpha value is -2.18. The molecule has 1 fully saturated rings. The number of aromatic nitrogens is 1. The first-order valence-corrected chi connectivity index (χ1v) is 8.93. The molecule has 1 aromatic heterocycles. The summed E-state index contributed by atoms with van der Waals surface area (Å²) in [5, 5.41) is 0. The molecule has 140 valence electrons. The van der Waals surface area contributed by atoms with E-state index in [4.69, 9.17) is 9.47 Å². The SMILES string of the molecule is COc1cc(F)c(CN2CCCN(Cc3ccncc3)CC2)cc1OC. The van der Waals surface area contributed by atoms with E-state index in [2.05, 4.69) is 26.9 Å². The van der Waals surface area contributed by atoms with Crippen LogP contribution in [-0.2, 0) is 13.1 Å². The van der Waals surface area contributed by atoms with Gasteiger partial charge in [0.2, 0.25) is 0 Å². The molecule has 0 spiro atoms. The smallest absolute Gasteiger partial charge is 0.163 e. The number of pyridine rings is 1. The Morgan fingerprint density at radius 3 is 2.19 bits per heavy atom. The number of nitrogens with zero attached hydrogens (tertiary/aromatic N) is 3. The lowest BCUT2D eigenvalue weighted by Gasteiger charge is -2.22. The zero-order valence-corrected chi connectivity index (χ0v) is 15.4. The van der Waals surface area contributed by atoms with Crippen LogP contribution in [0.15, 0.2) is 36.7 Å². The average molecular weight is 359 g/mol. The zero-order chi connectivity index (χ0) is 18.4. The van der Waals surface area contributed by atoms with Crippen LogP contribution in [-0.4, -0.2) is 55.2 Å². The van der Waals surface area contributed by atoms with Gasteiger partial charge in [-0.25, -0.2) is 4.39 Å². The molecule has 2 aromatic rings. The van der Waals surface area contributed by atoms with Gasteiger partial charge in [0.15, 0.2) is 11.5 Å². The second-order valence-corrected chi connectivity index (χ2v) is 6.56. The van der Waals surface area contributed by atoms with E-state index in [0.717, 1.165) is 39.1 Å². The van der Waals surface area contributed by atoms with E-state index < -0.39 is 0 Å². The van der Waals surface area contributed by atoms with Crippen molar-refractivity contribution in [2.45, 2.75) is 19.5 Å². The van der Waals surface area contributed by atoms with Crippen molar-refractivity contribution in [2.24, 2.45) is 0 Å². The number of ether oxygens (including phenoxy) is 2. The Balaban J connectivity index is 1.61. The van der Waals surface area contributed by atoms with E-state index in [1.165, 1.54) is 18.7 Å². The van der Waals surface area contributed by atoms with E-state index in [1.54, 1.807) is 13.2 Å². The summed E-state index contributed by atoms with van der Waals surface area (Å²) in [6.45, 7) is 5.40. The first-order chi connectivity index (χ1) is 12.7. The maximum atomic E-state index is 14.4. The van der Waals surface area contributed by atoms with Crippen molar-refractivity contribution >= 4 is 0 Å². The summed E-state index contributed by atoms with van der Waals surface area (Å²) >= 11 is 0. The molecule has 0 radical (unpaired) electrons. The average Bonchev–Trinajstić information content (AvgIpc) is 2.89. The predicted octanol–water partition coefficient (Wildman–Crippen LogP) is 2.95. The minimum atomic E-state index is -0.250. The molecule has 5 nitrogen and oxygen atoms in total. The van der Waals surface area contributed by atoms with Crippen LogP contribution in [0.3, 0.4) is 0 Å². The van der Waals surface area contributed by atoms with Crippen LogP contribution in [0.25, 0.3) is 0 Å². The van der Waals surface area contributed by atoms with Crippen molar-refractivity contribution in [3.8, 4) is 11.5 Å². The number of hydrogen-bond acceptors (Lipinski definition) is 5. The van der Waals surface area contributed by atoms with Crippen molar-refractivity contribution in [1.29, 1.82) is 0 Å². The molecule has 0 N–H and O–H groups in total. The molecule has 6 heteroatoms. The monoisotopic (exact) mass is 359 g/mol. The summed E-state index contributed by atoms with van der Waals surface area (Å²) < 4.78 is 24.9. The molecule has 1 aliphatic rings. The van der Waals surface area contributed by atoms with Crippen molar-refractivity contribution in [2.75, 3.05) is 40.4 Å². The Bertz CT molecular complexity index is 712. The first-order valence-electron chi connectivity index (χ1n) is 8.93. The third kappa shape index (κ3) is 4.71. The molecule has 1 aliphatic heterocycles. The Morgan fingerprint density at radius 1 is 0.923 bits per heavy atom. The predicted molar refractivity (Wildman–Crippen MR) is 98.9 cm³/mol.